The zero-order chi connectivity index (χ0) is 15.2. The molecule has 0 aliphatic carbocycles. The summed E-state index contributed by atoms with van der Waals surface area (Å²) in [5.74, 6) is 6.53. The molecule has 0 aromatic carbocycles. The quantitative estimate of drug-likeness (QED) is 0.883. The molecular weight excluding hydrogens is 284 g/mol. The van der Waals surface area contributed by atoms with Gasteiger partial charge in [-0.1, -0.05) is 18.8 Å². The summed E-state index contributed by atoms with van der Waals surface area (Å²) in [6.07, 6.45) is 2.27. The molecular formula is C16H18N2O2S. The smallest absolute Gasteiger partial charge is 0.257 e. The number of carbonyl (C=O) groups excluding carboxylic acids is 1. The van der Waals surface area contributed by atoms with E-state index in [2.05, 4.69) is 11.8 Å². The van der Waals surface area contributed by atoms with Crippen molar-refractivity contribution in [3.05, 3.63) is 45.5 Å². The van der Waals surface area contributed by atoms with Crippen molar-refractivity contribution in [2.24, 2.45) is 5.73 Å². The molecule has 4 nitrogen and oxygen atoms in total. The van der Waals surface area contributed by atoms with Crippen molar-refractivity contribution in [2.75, 3.05) is 13.6 Å². The van der Waals surface area contributed by atoms with E-state index in [1.807, 2.05) is 18.4 Å². The van der Waals surface area contributed by atoms with Crippen LogP contribution >= 0.6 is 11.3 Å². The lowest BCUT2D eigenvalue weighted by Crippen LogP contribution is -2.26. The molecule has 21 heavy (non-hydrogen) atoms. The Morgan fingerprint density at radius 3 is 3.05 bits per heavy atom. The first-order valence-electron chi connectivity index (χ1n) is 6.73. The first-order valence-corrected chi connectivity index (χ1v) is 7.61. The van der Waals surface area contributed by atoms with E-state index in [0.29, 0.717) is 25.1 Å². The molecule has 0 fully saturated rings. The highest BCUT2D eigenvalue weighted by Gasteiger charge is 2.17. The van der Waals surface area contributed by atoms with Crippen LogP contribution in [0.25, 0.3) is 0 Å². The molecule has 110 valence electrons. The topological polar surface area (TPSA) is 59.5 Å². The molecule has 5 heteroatoms. The molecule has 0 aliphatic heterocycles. The van der Waals surface area contributed by atoms with Crippen molar-refractivity contribution >= 4 is 17.2 Å². The van der Waals surface area contributed by atoms with Gasteiger partial charge in [-0.25, -0.2) is 0 Å². The highest BCUT2D eigenvalue weighted by Crippen LogP contribution is 2.18. The average Bonchev–Trinajstić information content (AvgIpc) is 3.12. The third-order valence-electron chi connectivity index (χ3n) is 3.03. The molecule has 0 bridgehead atoms. The van der Waals surface area contributed by atoms with E-state index in [4.69, 9.17) is 10.2 Å². The van der Waals surface area contributed by atoms with Crippen LogP contribution in [0.15, 0.2) is 28.2 Å². The van der Waals surface area contributed by atoms with E-state index in [-0.39, 0.29) is 5.91 Å². The fraction of sp³-hybridized carbons (Fsp3) is 0.312. The van der Waals surface area contributed by atoms with E-state index in [9.17, 15) is 4.79 Å². The van der Waals surface area contributed by atoms with Gasteiger partial charge in [0.1, 0.15) is 5.76 Å². The van der Waals surface area contributed by atoms with Gasteiger partial charge in [-0.05, 0) is 23.1 Å². The lowest BCUT2D eigenvalue weighted by atomic mass is 10.2. The summed E-state index contributed by atoms with van der Waals surface area (Å²) in [6, 6.07) is 3.72. The van der Waals surface area contributed by atoms with Gasteiger partial charge in [0.25, 0.3) is 5.91 Å². The van der Waals surface area contributed by atoms with Gasteiger partial charge in [-0.2, -0.15) is 0 Å². The van der Waals surface area contributed by atoms with Crippen molar-refractivity contribution in [3.63, 3.8) is 0 Å². The first kappa shape index (κ1) is 15.4. The van der Waals surface area contributed by atoms with Crippen LogP contribution in [0, 0.1) is 11.8 Å². The standard InChI is InChI=1S/C16H18N2O2S/c1-3-15-14(6-8-20-15)16(19)18(2)10-12-9-13(21-11-12)5-4-7-17/h6,8-9,11H,3,7,10,17H2,1-2H3. The Morgan fingerprint density at radius 1 is 1.52 bits per heavy atom. The zero-order valence-corrected chi connectivity index (χ0v) is 13.0. The minimum absolute atomic E-state index is 0.0265. The minimum atomic E-state index is -0.0265. The van der Waals surface area contributed by atoms with Gasteiger partial charge < -0.3 is 15.1 Å². The van der Waals surface area contributed by atoms with Gasteiger partial charge in [0.2, 0.25) is 0 Å². The number of nitrogens with zero attached hydrogens (tertiary/aromatic N) is 1. The van der Waals surface area contributed by atoms with Gasteiger partial charge in [0, 0.05) is 20.0 Å². The largest absolute Gasteiger partial charge is 0.469 e. The summed E-state index contributed by atoms with van der Waals surface area (Å²) in [5.41, 5.74) is 7.06. The maximum atomic E-state index is 12.4. The molecule has 0 saturated carbocycles. The third-order valence-corrected chi connectivity index (χ3v) is 3.93. The van der Waals surface area contributed by atoms with Crippen molar-refractivity contribution in [3.8, 4) is 11.8 Å². The molecule has 0 unspecified atom stereocenters. The van der Waals surface area contributed by atoms with E-state index >= 15 is 0 Å². The van der Waals surface area contributed by atoms with E-state index in [0.717, 1.165) is 16.2 Å². The van der Waals surface area contributed by atoms with Crippen LogP contribution in [0.4, 0.5) is 0 Å². The second-order valence-corrected chi connectivity index (χ2v) is 5.51. The second-order valence-electron chi connectivity index (χ2n) is 4.60. The Hall–Kier alpha value is -2.03. The predicted molar refractivity (Wildman–Crippen MR) is 84.1 cm³/mol. The molecule has 0 radical (unpaired) electrons. The van der Waals surface area contributed by atoms with Crippen LogP contribution in [0.2, 0.25) is 0 Å². The lowest BCUT2D eigenvalue weighted by Gasteiger charge is -2.16. The molecule has 2 aromatic heterocycles. The monoisotopic (exact) mass is 302 g/mol. The summed E-state index contributed by atoms with van der Waals surface area (Å²) < 4.78 is 5.31. The Morgan fingerprint density at radius 2 is 2.33 bits per heavy atom. The number of thiophene rings is 1. The number of carbonyl (C=O) groups is 1. The maximum Gasteiger partial charge on any atom is 0.257 e. The van der Waals surface area contributed by atoms with Crippen LogP contribution < -0.4 is 5.73 Å². The molecule has 1 amide bonds. The number of rotatable bonds is 4. The highest BCUT2D eigenvalue weighted by molar-refractivity contribution is 7.10. The highest BCUT2D eigenvalue weighted by atomic mass is 32.1. The van der Waals surface area contributed by atoms with Crippen LogP contribution in [0.3, 0.4) is 0 Å². The van der Waals surface area contributed by atoms with Crippen LogP contribution in [-0.2, 0) is 13.0 Å². The third kappa shape index (κ3) is 3.75. The van der Waals surface area contributed by atoms with Gasteiger partial charge >= 0.3 is 0 Å². The molecule has 2 rings (SSSR count). The van der Waals surface area contributed by atoms with E-state index in [1.54, 1.807) is 35.6 Å². The normalized spacial score (nSPS) is 10.0. The van der Waals surface area contributed by atoms with Crippen molar-refractivity contribution < 1.29 is 9.21 Å². The Kier molecular flexibility index (Phi) is 5.20. The number of aryl methyl sites for hydroxylation is 1. The summed E-state index contributed by atoms with van der Waals surface area (Å²) in [7, 11) is 1.79. The number of nitrogens with two attached hydrogens (primary N) is 1. The molecule has 2 aromatic rings. The lowest BCUT2D eigenvalue weighted by molar-refractivity contribution is 0.0783. The van der Waals surface area contributed by atoms with Crippen LogP contribution in [0.5, 0.6) is 0 Å². The first-order chi connectivity index (χ1) is 10.2. The van der Waals surface area contributed by atoms with E-state index in [1.165, 1.54) is 0 Å². The molecule has 0 atom stereocenters. The number of amides is 1. The second kappa shape index (κ2) is 7.11. The van der Waals surface area contributed by atoms with Crippen LogP contribution in [0.1, 0.15) is 33.5 Å². The Bertz CT molecular complexity index is 676. The molecule has 2 N–H and O–H groups in total. The molecule has 0 spiro atoms. The minimum Gasteiger partial charge on any atom is -0.469 e. The molecule has 0 aliphatic rings. The van der Waals surface area contributed by atoms with E-state index < -0.39 is 0 Å². The van der Waals surface area contributed by atoms with Gasteiger partial charge in [0.15, 0.2) is 0 Å². The van der Waals surface area contributed by atoms with Crippen molar-refractivity contribution in [1.29, 1.82) is 0 Å². The number of hydrogen-bond donors (Lipinski definition) is 1. The molecule has 2 heterocycles. The fourth-order valence-corrected chi connectivity index (χ4v) is 2.79. The zero-order valence-electron chi connectivity index (χ0n) is 12.2. The molecule has 0 saturated heterocycles. The predicted octanol–water partition coefficient (Wildman–Crippen LogP) is 2.49. The fourth-order valence-electron chi connectivity index (χ4n) is 2.02. The van der Waals surface area contributed by atoms with Gasteiger partial charge in [0.05, 0.1) is 23.2 Å². The summed E-state index contributed by atoms with van der Waals surface area (Å²) in [4.78, 5) is 15.0. The van der Waals surface area contributed by atoms with Gasteiger partial charge in [-0.15, -0.1) is 11.3 Å². The number of furan rings is 1. The average molecular weight is 302 g/mol. The van der Waals surface area contributed by atoms with Gasteiger partial charge in [-0.3, -0.25) is 4.79 Å². The summed E-state index contributed by atoms with van der Waals surface area (Å²) >= 11 is 1.56. The Labute approximate surface area is 128 Å². The Balaban J connectivity index is 2.05. The number of hydrogen-bond acceptors (Lipinski definition) is 4. The van der Waals surface area contributed by atoms with Crippen molar-refractivity contribution in [2.45, 2.75) is 19.9 Å². The SMILES string of the molecule is CCc1occc1C(=O)N(C)Cc1csc(C#CCN)c1. The van der Waals surface area contributed by atoms with Crippen molar-refractivity contribution in [1.82, 2.24) is 4.90 Å². The maximum absolute atomic E-state index is 12.4. The summed E-state index contributed by atoms with van der Waals surface area (Å²) in [5, 5.41) is 2.01. The summed E-state index contributed by atoms with van der Waals surface area (Å²) in [6.45, 7) is 2.87. The van der Waals surface area contributed by atoms with Crippen LogP contribution in [-0.4, -0.2) is 24.4 Å².